The van der Waals surface area contributed by atoms with Crippen LogP contribution in [0.3, 0.4) is 0 Å². The van der Waals surface area contributed by atoms with E-state index in [0.29, 0.717) is 36.8 Å². The van der Waals surface area contributed by atoms with E-state index in [1.54, 1.807) is 11.0 Å². The summed E-state index contributed by atoms with van der Waals surface area (Å²) in [6.45, 7) is 7.19. The molecule has 0 saturated carbocycles. The van der Waals surface area contributed by atoms with Crippen LogP contribution in [0.1, 0.15) is 55.5 Å². The van der Waals surface area contributed by atoms with Crippen LogP contribution in [0.15, 0.2) is 78.4 Å². The predicted molar refractivity (Wildman–Crippen MR) is 151 cm³/mol. The number of amides is 1. The van der Waals surface area contributed by atoms with Crippen LogP contribution in [0.2, 0.25) is 0 Å². The number of carbonyl (C=O) groups is 2. The molecular weight excluding hydrogens is 490 g/mol. The molecule has 5 rings (SSSR count). The van der Waals surface area contributed by atoms with Crippen molar-refractivity contribution >= 4 is 17.4 Å². The minimum atomic E-state index is -0.731. The summed E-state index contributed by atoms with van der Waals surface area (Å²) in [6, 6.07) is 22.0. The Labute approximate surface area is 229 Å². The van der Waals surface area contributed by atoms with E-state index in [-0.39, 0.29) is 17.4 Å². The fraction of sp³-hybridized carbons (Fsp3) is 0.333. The first-order chi connectivity index (χ1) is 18.8. The monoisotopic (exact) mass is 525 g/mol. The lowest BCUT2D eigenvalue weighted by atomic mass is 9.94. The van der Waals surface area contributed by atoms with Crippen molar-refractivity contribution in [1.82, 2.24) is 4.90 Å². The molecule has 3 aromatic rings. The minimum absolute atomic E-state index is 0.0550. The van der Waals surface area contributed by atoms with E-state index in [1.807, 2.05) is 73.7 Å². The van der Waals surface area contributed by atoms with Gasteiger partial charge in [0, 0.05) is 18.5 Å². The molecule has 1 amide bonds. The minimum Gasteiger partial charge on any atom is -0.507 e. The maximum Gasteiger partial charge on any atom is 0.295 e. The fourth-order valence-electron chi connectivity index (χ4n) is 5.26. The Kier molecular flexibility index (Phi) is 7.73. The van der Waals surface area contributed by atoms with Crippen LogP contribution in [0, 0.1) is 5.92 Å². The van der Waals surface area contributed by atoms with Gasteiger partial charge in [0.05, 0.1) is 18.2 Å². The maximum absolute atomic E-state index is 13.5. The molecule has 2 heterocycles. The summed E-state index contributed by atoms with van der Waals surface area (Å²) >= 11 is 0. The molecule has 3 aromatic carbocycles. The molecule has 1 fully saturated rings. The Balaban J connectivity index is 1.53. The number of nitrogens with zero attached hydrogens (tertiary/aromatic N) is 1. The van der Waals surface area contributed by atoms with Crippen molar-refractivity contribution in [3.05, 3.63) is 101 Å². The van der Waals surface area contributed by atoms with Crippen molar-refractivity contribution in [3.63, 3.8) is 0 Å². The van der Waals surface area contributed by atoms with Gasteiger partial charge in [0.15, 0.2) is 0 Å². The number of likely N-dealkylation sites (tertiary alicyclic amines) is 1. The number of ketones is 1. The zero-order valence-electron chi connectivity index (χ0n) is 22.7. The molecule has 2 atom stereocenters. The molecule has 0 spiro atoms. The maximum atomic E-state index is 13.5. The van der Waals surface area contributed by atoms with E-state index < -0.39 is 17.7 Å². The van der Waals surface area contributed by atoms with Crippen LogP contribution in [0.5, 0.6) is 11.5 Å². The first kappa shape index (κ1) is 26.5. The third-order valence-electron chi connectivity index (χ3n) is 7.33. The van der Waals surface area contributed by atoms with Crippen LogP contribution >= 0.6 is 0 Å². The van der Waals surface area contributed by atoms with E-state index >= 15 is 0 Å². The van der Waals surface area contributed by atoms with Gasteiger partial charge in [0.2, 0.25) is 0 Å². The molecule has 0 unspecified atom stereocenters. The second-order valence-corrected chi connectivity index (χ2v) is 10.8. The number of carbonyl (C=O) groups excluding carboxylic acids is 2. The Bertz CT molecular complexity index is 1390. The summed E-state index contributed by atoms with van der Waals surface area (Å²) in [6.07, 6.45) is 2.28. The van der Waals surface area contributed by atoms with Crippen molar-refractivity contribution in [2.24, 2.45) is 5.92 Å². The molecule has 1 N–H and O–H groups in total. The lowest BCUT2D eigenvalue weighted by molar-refractivity contribution is -0.139. The molecule has 1 saturated heterocycles. The van der Waals surface area contributed by atoms with Gasteiger partial charge < -0.3 is 19.5 Å². The van der Waals surface area contributed by atoms with Gasteiger partial charge in [-0.1, -0.05) is 56.3 Å². The topological polar surface area (TPSA) is 76.1 Å². The third-order valence-corrected chi connectivity index (χ3v) is 7.33. The molecular formula is C33H35NO5. The summed E-state index contributed by atoms with van der Waals surface area (Å²) in [5.41, 5.74) is 3.36. The number of hydrogen-bond acceptors (Lipinski definition) is 5. The zero-order valence-corrected chi connectivity index (χ0v) is 22.7. The molecule has 202 valence electrons. The highest BCUT2D eigenvalue weighted by Gasteiger charge is 2.46. The SMILES string of the molecule is CC(C)CCOc1cccc([C@@H]2/C(=C(\O)c3ccc4c(c3)C[C@@H](C)O4)C(=O)C(=O)N2CCc2ccccc2)c1. The Hall–Kier alpha value is -4.06. The van der Waals surface area contributed by atoms with Crippen molar-refractivity contribution in [3.8, 4) is 11.5 Å². The first-order valence-electron chi connectivity index (χ1n) is 13.7. The Morgan fingerprint density at radius 1 is 1.05 bits per heavy atom. The van der Waals surface area contributed by atoms with Crippen LogP contribution in [-0.4, -0.2) is 41.0 Å². The second-order valence-electron chi connectivity index (χ2n) is 10.8. The average molecular weight is 526 g/mol. The number of rotatable bonds is 9. The summed E-state index contributed by atoms with van der Waals surface area (Å²) in [7, 11) is 0. The summed E-state index contributed by atoms with van der Waals surface area (Å²) < 4.78 is 11.8. The van der Waals surface area contributed by atoms with E-state index in [9.17, 15) is 14.7 Å². The molecule has 0 aromatic heterocycles. The lowest BCUT2D eigenvalue weighted by Gasteiger charge is -2.26. The van der Waals surface area contributed by atoms with E-state index in [1.165, 1.54) is 0 Å². The van der Waals surface area contributed by atoms with Gasteiger partial charge in [-0.2, -0.15) is 0 Å². The van der Waals surface area contributed by atoms with Crippen molar-refractivity contribution in [2.45, 2.75) is 52.2 Å². The second kappa shape index (κ2) is 11.4. The van der Waals surface area contributed by atoms with Gasteiger partial charge >= 0.3 is 0 Å². The van der Waals surface area contributed by atoms with Gasteiger partial charge in [-0.3, -0.25) is 9.59 Å². The predicted octanol–water partition coefficient (Wildman–Crippen LogP) is 6.10. The molecule has 6 nitrogen and oxygen atoms in total. The normalized spacial score (nSPS) is 19.8. The van der Waals surface area contributed by atoms with Crippen LogP contribution in [0.25, 0.3) is 5.76 Å². The molecule has 0 radical (unpaired) electrons. The van der Waals surface area contributed by atoms with Gasteiger partial charge in [0.25, 0.3) is 11.7 Å². The number of benzene rings is 3. The third kappa shape index (κ3) is 5.70. The summed E-state index contributed by atoms with van der Waals surface area (Å²) in [4.78, 5) is 28.5. The number of aliphatic hydroxyl groups is 1. The molecule has 0 aliphatic carbocycles. The number of fused-ring (bicyclic) bond motifs is 1. The quantitative estimate of drug-likeness (QED) is 0.208. The van der Waals surface area contributed by atoms with Crippen molar-refractivity contribution < 1.29 is 24.2 Å². The zero-order chi connectivity index (χ0) is 27.5. The first-order valence-corrected chi connectivity index (χ1v) is 13.7. The highest BCUT2D eigenvalue weighted by Crippen LogP contribution is 2.41. The van der Waals surface area contributed by atoms with E-state index in [4.69, 9.17) is 9.47 Å². The smallest absolute Gasteiger partial charge is 0.295 e. The van der Waals surface area contributed by atoms with Crippen molar-refractivity contribution in [2.75, 3.05) is 13.2 Å². The van der Waals surface area contributed by atoms with Gasteiger partial charge in [-0.15, -0.1) is 0 Å². The van der Waals surface area contributed by atoms with E-state index in [2.05, 4.69) is 13.8 Å². The molecule has 0 bridgehead atoms. The van der Waals surface area contributed by atoms with Crippen LogP contribution in [-0.2, 0) is 22.4 Å². The van der Waals surface area contributed by atoms with Crippen molar-refractivity contribution in [1.29, 1.82) is 0 Å². The number of hydrogen-bond donors (Lipinski definition) is 1. The number of ether oxygens (including phenoxy) is 2. The lowest BCUT2D eigenvalue weighted by Crippen LogP contribution is -2.31. The fourth-order valence-corrected chi connectivity index (χ4v) is 5.26. The van der Waals surface area contributed by atoms with Gasteiger partial charge in [-0.25, -0.2) is 0 Å². The number of aliphatic hydroxyl groups excluding tert-OH is 1. The molecule has 6 heteroatoms. The highest BCUT2D eigenvalue weighted by molar-refractivity contribution is 6.46. The average Bonchev–Trinajstić information content (AvgIpc) is 3.42. The molecule has 2 aliphatic heterocycles. The highest BCUT2D eigenvalue weighted by atomic mass is 16.5. The Morgan fingerprint density at radius 2 is 1.85 bits per heavy atom. The molecule has 2 aliphatic rings. The van der Waals surface area contributed by atoms with Crippen LogP contribution in [0.4, 0.5) is 0 Å². The molecule has 39 heavy (non-hydrogen) atoms. The largest absolute Gasteiger partial charge is 0.507 e. The summed E-state index contributed by atoms with van der Waals surface area (Å²) in [5.74, 6) is 0.507. The Morgan fingerprint density at radius 3 is 2.62 bits per heavy atom. The van der Waals surface area contributed by atoms with Gasteiger partial charge in [-0.05, 0) is 72.7 Å². The van der Waals surface area contributed by atoms with Gasteiger partial charge in [0.1, 0.15) is 23.4 Å². The summed E-state index contributed by atoms with van der Waals surface area (Å²) in [5, 5.41) is 11.5. The number of Topliss-reactive ketones (excluding diaryl/α,β-unsaturated/α-hetero) is 1. The standard InChI is InChI=1S/C33H35NO5/c1-21(2)15-17-38-27-11-7-10-24(20-27)30-29(31(35)25-12-13-28-26(19-25)18-22(3)39-28)32(36)33(37)34(30)16-14-23-8-5-4-6-9-23/h4-13,19-22,30,35H,14-18H2,1-3H3/b31-29+/t22-,30-/m1/s1. The van der Waals surface area contributed by atoms with E-state index in [0.717, 1.165) is 35.3 Å². The van der Waals surface area contributed by atoms with Crippen LogP contribution < -0.4 is 9.47 Å².